The van der Waals surface area contributed by atoms with E-state index in [4.69, 9.17) is 10.4 Å². The van der Waals surface area contributed by atoms with Crippen molar-refractivity contribution >= 4 is 5.97 Å². The van der Waals surface area contributed by atoms with Crippen LogP contribution in [0.2, 0.25) is 0 Å². The molecule has 12 heavy (non-hydrogen) atoms. The Morgan fingerprint density at radius 3 is 2.83 bits per heavy atom. The third kappa shape index (κ3) is 1.25. The molecule has 4 nitrogen and oxygen atoms in total. The Bertz CT molecular complexity index is 366. The normalized spacial score (nSPS) is 9.00. The van der Waals surface area contributed by atoms with Crippen LogP contribution < -0.4 is 0 Å². The number of carboxylic acid groups (broad SMARTS) is 1. The summed E-state index contributed by atoms with van der Waals surface area (Å²) >= 11 is 0. The van der Waals surface area contributed by atoms with Crippen LogP contribution in [-0.2, 0) is 0 Å². The molecule has 0 aliphatic rings. The first-order valence-electron chi connectivity index (χ1n) is 3.26. The van der Waals surface area contributed by atoms with Crippen molar-refractivity contribution in [3.8, 4) is 6.07 Å². The molecule has 0 fully saturated rings. The molecule has 0 aliphatic heterocycles. The second-order valence-electron chi connectivity index (χ2n) is 2.27. The third-order valence-electron chi connectivity index (χ3n) is 1.48. The van der Waals surface area contributed by atoms with E-state index < -0.39 is 5.97 Å². The Labute approximate surface area is 69.1 Å². The molecule has 0 aliphatic carbocycles. The van der Waals surface area contributed by atoms with Gasteiger partial charge in [-0.25, -0.2) is 9.78 Å². The number of hydrogen-bond donors (Lipinski definition) is 1. The van der Waals surface area contributed by atoms with Gasteiger partial charge in [0.2, 0.25) is 0 Å². The van der Waals surface area contributed by atoms with Crippen molar-refractivity contribution in [2.24, 2.45) is 0 Å². The molecule has 0 amide bonds. The van der Waals surface area contributed by atoms with Crippen molar-refractivity contribution in [1.82, 2.24) is 4.98 Å². The molecule has 1 N–H and O–H groups in total. The van der Waals surface area contributed by atoms with Crippen LogP contribution in [0.25, 0.3) is 0 Å². The zero-order valence-corrected chi connectivity index (χ0v) is 6.40. The average Bonchev–Trinajstić information content (AvgIpc) is 2.03. The van der Waals surface area contributed by atoms with E-state index in [1.165, 1.54) is 6.20 Å². The van der Waals surface area contributed by atoms with E-state index in [9.17, 15) is 4.79 Å². The van der Waals surface area contributed by atoms with Gasteiger partial charge >= 0.3 is 5.97 Å². The summed E-state index contributed by atoms with van der Waals surface area (Å²) in [4.78, 5) is 14.2. The van der Waals surface area contributed by atoms with E-state index in [1.54, 1.807) is 19.1 Å². The van der Waals surface area contributed by atoms with Crippen molar-refractivity contribution < 1.29 is 9.90 Å². The minimum Gasteiger partial charge on any atom is -0.478 e. The van der Waals surface area contributed by atoms with Gasteiger partial charge in [-0.3, -0.25) is 0 Å². The zero-order valence-electron chi connectivity index (χ0n) is 6.40. The van der Waals surface area contributed by atoms with Gasteiger partial charge in [0.05, 0.1) is 5.56 Å². The predicted octanol–water partition coefficient (Wildman–Crippen LogP) is 0.960. The van der Waals surface area contributed by atoms with Crippen molar-refractivity contribution in [3.63, 3.8) is 0 Å². The second-order valence-corrected chi connectivity index (χ2v) is 2.27. The van der Waals surface area contributed by atoms with Crippen LogP contribution >= 0.6 is 0 Å². The van der Waals surface area contributed by atoms with Gasteiger partial charge in [0, 0.05) is 6.20 Å². The highest BCUT2D eigenvalue weighted by molar-refractivity contribution is 5.91. The first kappa shape index (κ1) is 8.21. The molecule has 0 aromatic carbocycles. The largest absolute Gasteiger partial charge is 0.478 e. The number of aryl methyl sites for hydroxylation is 1. The van der Waals surface area contributed by atoms with Gasteiger partial charge < -0.3 is 5.11 Å². The molecule has 1 aromatic rings. The van der Waals surface area contributed by atoms with Crippen molar-refractivity contribution in [3.05, 3.63) is 29.1 Å². The Hall–Kier alpha value is -1.89. The number of hydrogen-bond acceptors (Lipinski definition) is 3. The molecule has 0 saturated heterocycles. The third-order valence-corrected chi connectivity index (χ3v) is 1.48. The molecule has 1 heterocycles. The van der Waals surface area contributed by atoms with Crippen LogP contribution in [-0.4, -0.2) is 16.1 Å². The fourth-order valence-corrected chi connectivity index (χ4v) is 0.913. The standard InChI is InChI=1S/C8H6N2O2/c1-5-2-3-10-6(4-9)7(5)8(11)12/h2-3H,1H3,(H,11,12). The summed E-state index contributed by atoms with van der Waals surface area (Å²) in [5.41, 5.74) is 0.497. The maximum Gasteiger partial charge on any atom is 0.338 e. The molecule has 0 atom stereocenters. The summed E-state index contributed by atoms with van der Waals surface area (Å²) in [6, 6.07) is 3.29. The van der Waals surface area contributed by atoms with Crippen molar-refractivity contribution in [1.29, 1.82) is 5.26 Å². The smallest absolute Gasteiger partial charge is 0.338 e. The van der Waals surface area contributed by atoms with E-state index in [0.29, 0.717) is 5.56 Å². The lowest BCUT2D eigenvalue weighted by Gasteiger charge is -1.99. The number of aromatic carboxylic acids is 1. The van der Waals surface area contributed by atoms with Gasteiger partial charge in [0.15, 0.2) is 5.69 Å². The fourth-order valence-electron chi connectivity index (χ4n) is 0.913. The molecule has 1 rings (SSSR count). The molecule has 60 valence electrons. The maximum atomic E-state index is 10.6. The quantitative estimate of drug-likeness (QED) is 0.667. The van der Waals surface area contributed by atoms with Crippen LogP contribution in [0.1, 0.15) is 21.6 Å². The van der Waals surface area contributed by atoms with Crippen LogP contribution in [0.4, 0.5) is 0 Å². The van der Waals surface area contributed by atoms with Crippen LogP contribution in [0.15, 0.2) is 12.3 Å². The number of aromatic nitrogens is 1. The highest BCUT2D eigenvalue weighted by atomic mass is 16.4. The van der Waals surface area contributed by atoms with E-state index in [0.717, 1.165) is 0 Å². The van der Waals surface area contributed by atoms with Crippen LogP contribution in [0, 0.1) is 18.3 Å². The van der Waals surface area contributed by atoms with Crippen LogP contribution in [0.5, 0.6) is 0 Å². The molecule has 0 saturated carbocycles. The topological polar surface area (TPSA) is 74.0 Å². The van der Waals surface area contributed by atoms with E-state index >= 15 is 0 Å². The number of pyridine rings is 1. The number of carboxylic acids is 1. The monoisotopic (exact) mass is 162 g/mol. The highest BCUT2D eigenvalue weighted by Crippen LogP contribution is 2.09. The lowest BCUT2D eigenvalue weighted by atomic mass is 10.1. The van der Waals surface area contributed by atoms with Gasteiger partial charge in [-0.15, -0.1) is 0 Å². The van der Waals surface area contributed by atoms with E-state index in [-0.39, 0.29) is 11.3 Å². The lowest BCUT2D eigenvalue weighted by Crippen LogP contribution is -2.04. The summed E-state index contributed by atoms with van der Waals surface area (Å²) in [7, 11) is 0. The Morgan fingerprint density at radius 1 is 1.75 bits per heavy atom. The molecule has 0 spiro atoms. The molecular formula is C8H6N2O2. The van der Waals surface area contributed by atoms with Gasteiger partial charge in [0.1, 0.15) is 6.07 Å². The Balaban J connectivity index is 3.42. The SMILES string of the molecule is Cc1ccnc(C#N)c1C(=O)O. The predicted molar refractivity (Wildman–Crippen MR) is 40.6 cm³/mol. The summed E-state index contributed by atoms with van der Waals surface area (Å²) in [6.07, 6.45) is 1.42. The minimum absolute atomic E-state index is 0.0139. The van der Waals surface area contributed by atoms with Crippen molar-refractivity contribution in [2.75, 3.05) is 0 Å². The number of nitriles is 1. The van der Waals surface area contributed by atoms with Crippen molar-refractivity contribution in [2.45, 2.75) is 6.92 Å². The Kier molecular flexibility index (Phi) is 2.06. The first-order valence-corrected chi connectivity index (χ1v) is 3.26. The van der Waals surface area contributed by atoms with Gasteiger partial charge in [0.25, 0.3) is 0 Å². The summed E-state index contributed by atoms with van der Waals surface area (Å²) < 4.78 is 0. The molecule has 4 heteroatoms. The summed E-state index contributed by atoms with van der Waals surface area (Å²) in [6.45, 7) is 1.63. The number of carbonyl (C=O) groups is 1. The summed E-state index contributed by atoms with van der Waals surface area (Å²) in [5, 5.41) is 17.2. The van der Waals surface area contributed by atoms with E-state index in [2.05, 4.69) is 4.98 Å². The number of nitrogens with zero attached hydrogens (tertiary/aromatic N) is 2. The average molecular weight is 162 g/mol. The lowest BCUT2D eigenvalue weighted by molar-refractivity contribution is 0.0695. The summed E-state index contributed by atoms with van der Waals surface area (Å²) in [5.74, 6) is -1.11. The maximum absolute atomic E-state index is 10.6. The Morgan fingerprint density at radius 2 is 2.42 bits per heavy atom. The molecule has 0 unspecified atom stereocenters. The number of rotatable bonds is 1. The van der Waals surface area contributed by atoms with Gasteiger partial charge in [-0.1, -0.05) is 0 Å². The minimum atomic E-state index is -1.11. The van der Waals surface area contributed by atoms with Gasteiger partial charge in [-0.05, 0) is 18.6 Å². The molecule has 0 radical (unpaired) electrons. The van der Waals surface area contributed by atoms with Crippen LogP contribution in [0.3, 0.4) is 0 Å². The first-order chi connectivity index (χ1) is 5.66. The molecule has 0 bridgehead atoms. The zero-order chi connectivity index (χ0) is 9.14. The second kappa shape index (κ2) is 3.01. The van der Waals surface area contributed by atoms with E-state index in [1.807, 2.05) is 0 Å². The molecule has 1 aromatic heterocycles. The fraction of sp³-hybridized carbons (Fsp3) is 0.125. The highest BCUT2D eigenvalue weighted by Gasteiger charge is 2.12. The molecular weight excluding hydrogens is 156 g/mol. The van der Waals surface area contributed by atoms with Gasteiger partial charge in [-0.2, -0.15) is 5.26 Å².